The Morgan fingerprint density at radius 3 is 2.76 bits per heavy atom. The summed E-state index contributed by atoms with van der Waals surface area (Å²) in [5.41, 5.74) is 0.646. The van der Waals surface area contributed by atoms with Crippen LogP contribution in [0.15, 0.2) is 29.6 Å². The standard InChI is InChI=1S/C17H26N6OS/c1-12(2)7-6-8-13(3)20-15(24)11-25-17-22-21-16(23(17)18)14-9-4-5-10-19-14/h4-5,9-10,12-13H,6-8,11,18H2,1-3H3,(H,20,24). The van der Waals surface area contributed by atoms with Gasteiger partial charge in [0.2, 0.25) is 16.9 Å². The van der Waals surface area contributed by atoms with E-state index in [0.717, 1.165) is 12.8 Å². The third-order valence-corrected chi connectivity index (χ3v) is 4.66. The minimum atomic E-state index is -0.0237. The summed E-state index contributed by atoms with van der Waals surface area (Å²) in [6, 6.07) is 5.67. The van der Waals surface area contributed by atoms with E-state index in [1.54, 1.807) is 6.20 Å². The second kappa shape index (κ2) is 9.41. The third-order valence-electron chi connectivity index (χ3n) is 3.72. The first-order valence-corrected chi connectivity index (χ1v) is 9.50. The molecule has 2 rings (SSSR count). The molecule has 2 aromatic heterocycles. The molecule has 8 heteroatoms. The molecule has 3 N–H and O–H groups in total. The van der Waals surface area contributed by atoms with E-state index >= 15 is 0 Å². The van der Waals surface area contributed by atoms with Gasteiger partial charge in [0, 0.05) is 12.2 Å². The zero-order chi connectivity index (χ0) is 18.2. The molecule has 0 aliphatic carbocycles. The van der Waals surface area contributed by atoms with Gasteiger partial charge in [-0.1, -0.05) is 44.5 Å². The zero-order valence-electron chi connectivity index (χ0n) is 15.0. The molecule has 0 saturated heterocycles. The smallest absolute Gasteiger partial charge is 0.230 e. The maximum absolute atomic E-state index is 12.1. The van der Waals surface area contributed by atoms with E-state index in [1.165, 1.54) is 22.9 Å². The van der Waals surface area contributed by atoms with Crippen LogP contribution in [0, 0.1) is 5.92 Å². The monoisotopic (exact) mass is 362 g/mol. The fourth-order valence-corrected chi connectivity index (χ4v) is 3.06. The summed E-state index contributed by atoms with van der Waals surface area (Å²) < 4.78 is 1.37. The number of carbonyl (C=O) groups is 1. The number of nitrogens with one attached hydrogen (secondary N) is 1. The van der Waals surface area contributed by atoms with E-state index in [9.17, 15) is 4.79 Å². The summed E-state index contributed by atoms with van der Waals surface area (Å²) in [5.74, 6) is 7.42. The van der Waals surface area contributed by atoms with Crippen molar-refractivity contribution in [2.75, 3.05) is 11.6 Å². The molecule has 0 aliphatic rings. The van der Waals surface area contributed by atoms with Crippen LogP contribution < -0.4 is 11.2 Å². The highest BCUT2D eigenvalue weighted by Crippen LogP contribution is 2.19. The van der Waals surface area contributed by atoms with Gasteiger partial charge in [0.1, 0.15) is 5.69 Å². The summed E-state index contributed by atoms with van der Waals surface area (Å²) in [5, 5.41) is 11.6. The van der Waals surface area contributed by atoms with Crippen LogP contribution in [-0.4, -0.2) is 37.6 Å². The molecular formula is C17H26N6OS. The number of nitrogens with zero attached hydrogens (tertiary/aromatic N) is 4. The predicted octanol–water partition coefficient (Wildman–Crippen LogP) is 2.48. The summed E-state index contributed by atoms with van der Waals surface area (Å²) >= 11 is 1.27. The van der Waals surface area contributed by atoms with Gasteiger partial charge in [-0.05, 0) is 31.4 Å². The summed E-state index contributed by atoms with van der Waals surface area (Å²) in [7, 11) is 0. The number of hydrogen-bond donors (Lipinski definition) is 2. The van der Waals surface area contributed by atoms with Crippen molar-refractivity contribution in [3.63, 3.8) is 0 Å². The Bertz CT molecular complexity index is 673. The van der Waals surface area contributed by atoms with Gasteiger partial charge in [0.05, 0.1) is 5.75 Å². The molecule has 2 heterocycles. The molecule has 25 heavy (non-hydrogen) atoms. The zero-order valence-corrected chi connectivity index (χ0v) is 15.8. The number of nitrogen functional groups attached to an aromatic ring is 1. The minimum absolute atomic E-state index is 0.0237. The summed E-state index contributed by atoms with van der Waals surface area (Å²) in [6.07, 6.45) is 4.97. The Balaban J connectivity index is 1.81. The molecule has 0 radical (unpaired) electrons. The number of thioether (sulfide) groups is 1. The van der Waals surface area contributed by atoms with Gasteiger partial charge in [0.15, 0.2) is 0 Å². The number of rotatable bonds is 9. The third kappa shape index (κ3) is 6.04. The first kappa shape index (κ1) is 19.2. The largest absolute Gasteiger partial charge is 0.353 e. The van der Waals surface area contributed by atoms with Crippen LogP contribution in [0.5, 0.6) is 0 Å². The maximum atomic E-state index is 12.1. The van der Waals surface area contributed by atoms with Gasteiger partial charge in [-0.25, -0.2) is 4.68 Å². The molecule has 0 spiro atoms. The number of pyridine rings is 1. The lowest BCUT2D eigenvalue weighted by atomic mass is 10.0. The van der Waals surface area contributed by atoms with Crippen LogP contribution in [0.2, 0.25) is 0 Å². The van der Waals surface area contributed by atoms with Gasteiger partial charge < -0.3 is 11.2 Å². The van der Waals surface area contributed by atoms with E-state index in [0.29, 0.717) is 22.6 Å². The van der Waals surface area contributed by atoms with Gasteiger partial charge in [0.25, 0.3) is 0 Å². The topological polar surface area (TPSA) is 98.7 Å². The second-order valence-electron chi connectivity index (χ2n) is 6.47. The highest BCUT2D eigenvalue weighted by molar-refractivity contribution is 7.99. The molecular weight excluding hydrogens is 336 g/mol. The SMILES string of the molecule is CC(C)CCCC(C)NC(=O)CSc1nnc(-c2ccccn2)n1N. The number of amides is 1. The average Bonchev–Trinajstić information content (AvgIpc) is 2.94. The Hall–Kier alpha value is -2.09. The summed E-state index contributed by atoms with van der Waals surface area (Å²) in [4.78, 5) is 16.3. The van der Waals surface area contributed by atoms with E-state index in [-0.39, 0.29) is 17.7 Å². The number of carbonyl (C=O) groups excluding carboxylic acids is 1. The van der Waals surface area contributed by atoms with Crippen molar-refractivity contribution in [2.45, 2.75) is 51.2 Å². The minimum Gasteiger partial charge on any atom is -0.353 e. The first-order valence-electron chi connectivity index (χ1n) is 8.51. The van der Waals surface area contributed by atoms with Crippen molar-refractivity contribution in [3.8, 4) is 11.5 Å². The molecule has 136 valence electrons. The van der Waals surface area contributed by atoms with Crippen LogP contribution in [-0.2, 0) is 4.79 Å². The fourth-order valence-electron chi connectivity index (χ4n) is 2.40. The Morgan fingerprint density at radius 2 is 2.08 bits per heavy atom. The molecule has 7 nitrogen and oxygen atoms in total. The second-order valence-corrected chi connectivity index (χ2v) is 7.42. The Kier molecular flexibility index (Phi) is 7.24. The van der Waals surface area contributed by atoms with Crippen molar-refractivity contribution in [1.29, 1.82) is 0 Å². The van der Waals surface area contributed by atoms with Gasteiger partial charge in [-0.3, -0.25) is 9.78 Å². The molecule has 0 aromatic carbocycles. The Labute approximate surface area is 152 Å². The van der Waals surface area contributed by atoms with Crippen LogP contribution in [0.25, 0.3) is 11.5 Å². The number of aromatic nitrogens is 4. The van der Waals surface area contributed by atoms with Crippen molar-refractivity contribution >= 4 is 17.7 Å². The molecule has 1 atom stereocenters. The lowest BCUT2D eigenvalue weighted by Crippen LogP contribution is -2.34. The van der Waals surface area contributed by atoms with Crippen molar-refractivity contribution < 1.29 is 4.79 Å². The molecule has 2 aromatic rings. The molecule has 0 fully saturated rings. The first-order chi connectivity index (χ1) is 12.0. The predicted molar refractivity (Wildman–Crippen MR) is 100 cm³/mol. The van der Waals surface area contributed by atoms with E-state index in [1.807, 2.05) is 25.1 Å². The maximum Gasteiger partial charge on any atom is 0.230 e. The van der Waals surface area contributed by atoms with E-state index in [2.05, 4.69) is 34.3 Å². The van der Waals surface area contributed by atoms with Crippen LogP contribution in [0.3, 0.4) is 0 Å². The lowest BCUT2D eigenvalue weighted by Gasteiger charge is -2.14. The normalized spacial score (nSPS) is 12.3. The molecule has 1 amide bonds. The van der Waals surface area contributed by atoms with E-state index in [4.69, 9.17) is 5.84 Å². The van der Waals surface area contributed by atoms with Crippen molar-refractivity contribution in [2.24, 2.45) is 5.92 Å². The van der Waals surface area contributed by atoms with Gasteiger partial charge in [-0.15, -0.1) is 10.2 Å². The molecule has 0 aliphatic heterocycles. The van der Waals surface area contributed by atoms with E-state index < -0.39 is 0 Å². The van der Waals surface area contributed by atoms with Crippen molar-refractivity contribution in [1.82, 2.24) is 25.2 Å². The van der Waals surface area contributed by atoms with Crippen LogP contribution in [0.4, 0.5) is 0 Å². The van der Waals surface area contributed by atoms with Crippen LogP contribution >= 0.6 is 11.8 Å². The molecule has 1 unspecified atom stereocenters. The average molecular weight is 363 g/mol. The Morgan fingerprint density at radius 1 is 1.28 bits per heavy atom. The highest BCUT2D eigenvalue weighted by atomic mass is 32.2. The number of hydrogen-bond acceptors (Lipinski definition) is 6. The summed E-state index contributed by atoms with van der Waals surface area (Å²) in [6.45, 7) is 6.46. The molecule has 0 bridgehead atoms. The molecule has 0 saturated carbocycles. The van der Waals surface area contributed by atoms with Crippen molar-refractivity contribution in [3.05, 3.63) is 24.4 Å². The fraction of sp³-hybridized carbons (Fsp3) is 0.529. The quantitative estimate of drug-likeness (QED) is 0.525. The number of nitrogens with two attached hydrogens (primary N) is 1. The van der Waals surface area contributed by atoms with Gasteiger partial charge in [-0.2, -0.15) is 0 Å². The lowest BCUT2D eigenvalue weighted by molar-refractivity contribution is -0.119. The van der Waals surface area contributed by atoms with Crippen LogP contribution in [0.1, 0.15) is 40.0 Å². The highest BCUT2D eigenvalue weighted by Gasteiger charge is 2.15. The van der Waals surface area contributed by atoms with Gasteiger partial charge >= 0.3 is 0 Å².